The van der Waals surface area contributed by atoms with Crippen LogP contribution in [0.2, 0.25) is 0 Å². The molecule has 0 heterocycles. The van der Waals surface area contributed by atoms with Gasteiger partial charge in [-0.05, 0) is 59.8 Å². The summed E-state index contributed by atoms with van der Waals surface area (Å²) in [4.78, 5) is 0. The van der Waals surface area contributed by atoms with Crippen molar-refractivity contribution in [3.05, 3.63) is 28.8 Å². The Bertz CT molecular complexity index is 467. The lowest BCUT2D eigenvalue weighted by atomic mass is 9.80. The summed E-state index contributed by atoms with van der Waals surface area (Å²) < 4.78 is 5.68. The molecule has 2 aliphatic carbocycles. The molecular weight excluding hydrogens is 232 g/mol. The monoisotopic (exact) mass is 258 g/mol. The molecule has 1 nitrogen and oxygen atoms in total. The summed E-state index contributed by atoms with van der Waals surface area (Å²) >= 11 is 0. The molecule has 1 aromatic rings. The first-order valence-corrected chi connectivity index (χ1v) is 7.83. The van der Waals surface area contributed by atoms with Crippen LogP contribution >= 0.6 is 0 Å². The lowest BCUT2D eigenvalue weighted by Crippen LogP contribution is -2.13. The predicted molar refractivity (Wildman–Crippen MR) is 80.2 cm³/mol. The van der Waals surface area contributed by atoms with Gasteiger partial charge in [-0.25, -0.2) is 0 Å². The second-order valence-corrected chi connectivity index (χ2v) is 6.97. The molecule has 0 bridgehead atoms. The molecule has 1 heteroatoms. The van der Waals surface area contributed by atoms with Crippen molar-refractivity contribution in [3.63, 3.8) is 0 Å². The van der Waals surface area contributed by atoms with Gasteiger partial charge in [0.1, 0.15) is 5.75 Å². The fourth-order valence-electron chi connectivity index (χ4n) is 3.95. The van der Waals surface area contributed by atoms with Crippen LogP contribution in [0.1, 0.15) is 75.0 Å². The molecule has 1 saturated carbocycles. The summed E-state index contributed by atoms with van der Waals surface area (Å²) in [6.45, 7) is 4.76. The molecule has 19 heavy (non-hydrogen) atoms. The highest BCUT2D eigenvalue weighted by Gasteiger charge is 2.33. The Balaban J connectivity index is 2.02. The lowest BCUT2D eigenvalue weighted by molar-refractivity contribution is 0.405. The minimum absolute atomic E-state index is 0.327. The minimum atomic E-state index is 0.327. The van der Waals surface area contributed by atoms with Crippen molar-refractivity contribution in [3.8, 4) is 5.75 Å². The summed E-state index contributed by atoms with van der Waals surface area (Å²) in [6, 6.07) is 4.83. The van der Waals surface area contributed by atoms with Crippen LogP contribution in [0, 0.1) is 0 Å². The minimum Gasteiger partial charge on any atom is -0.496 e. The smallest absolute Gasteiger partial charge is 0.122 e. The first kappa shape index (κ1) is 13.0. The number of rotatable bonds is 2. The van der Waals surface area contributed by atoms with Crippen LogP contribution in [0.3, 0.4) is 0 Å². The molecule has 0 N–H and O–H groups in total. The predicted octanol–water partition coefficient (Wildman–Crippen LogP) is 4.97. The average molecular weight is 258 g/mol. The average Bonchev–Trinajstić information content (AvgIpc) is 2.75. The molecule has 3 rings (SSSR count). The van der Waals surface area contributed by atoms with Crippen molar-refractivity contribution in [2.75, 3.05) is 7.11 Å². The third-order valence-corrected chi connectivity index (χ3v) is 5.26. The van der Waals surface area contributed by atoms with Crippen LogP contribution in [0.5, 0.6) is 5.75 Å². The Hall–Kier alpha value is -0.980. The van der Waals surface area contributed by atoms with E-state index in [0.717, 1.165) is 11.7 Å². The standard InChI is InChI=1S/C18H26O/c1-18(2)10-9-15-16(18)11-14(12-17(15)19-3)13-7-5-4-6-8-13/h11-13H,4-10H2,1-3H3. The van der Waals surface area contributed by atoms with Crippen LogP contribution in [0.4, 0.5) is 0 Å². The van der Waals surface area contributed by atoms with Crippen LogP contribution in [0.15, 0.2) is 12.1 Å². The summed E-state index contributed by atoms with van der Waals surface area (Å²) in [7, 11) is 1.82. The van der Waals surface area contributed by atoms with Crippen molar-refractivity contribution < 1.29 is 4.74 Å². The molecule has 0 aromatic heterocycles. The first-order valence-electron chi connectivity index (χ1n) is 7.83. The number of hydrogen-bond acceptors (Lipinski definition) is 1. The third-order valence-electron chi connectivity index (χ3n) is 5.26. The zero-order chi connectivity index (χ0) is 13.5. The Morgan fingerprint density at radius 1 is 1.11 bits per heavy atom. The van der Waals surface area contributed by atoms with E-state index in [1.807, 2.05) is 7.11 Å². The number of methoxy groups -OCH3 is 1. The van der Waals surface area contributed by atoms with Gasteiger partial charge in [0.2, 0.25) is 0 Å². The van der Waals surface area contributed by atoms with E-state index >= 15 is 0 Å². The molecule has 0 radical (unpaired) electrons. The van der Waals surface area contributed by atoms with Gasteiger partial charge >= 0.3 is 0 Å². The van der Waals surface area contributed by atoms with Crippen molar-refractivity contribution in [1.29, 1.82) is 0 Å². The maximum atomic E-state index is 5.68. The highest BCUT2D eigenvalue weighted by Crippen LogP contribution is 2.45. The molecule has 0 aliphatic heterocycles. The highest BCUT2D eigenvalue weighted by atomic mass is 16.5. The van der Waals surface area contributed by atoms with Gasteiger partial charge in [0, 0.05) is 0 Å². The first-order chi connectivity index (χ1) is 9.12. The number of fused-ring (bicyclic) bond motifs is 1. The van der Waals surface area contributed by atoms with Crippen LogP contribution < -0.4 is 4.74 Å². The van der Waals surface area contributed by atoms with Gasteiger partial charge in [0.15, 0.2) is 0 Å². The second kappa shape index (κ2) is 4.85. The van der Waals surface area contributed by atoms with E-state index in [1.54, 1.807) is 5.56 Å². The van der Waals surface area contributed by atoms with E-state index in [1.165, 1.54) is 56.1 Å². The van der Waals surface area contributed by atoms with Gasteiger partial charge < -0.3 is 4.74 Å². The van der Waals surface area contributed by atoms with Gasteiger partial charge in [-0.3, -0.25) is 0 Å². The normalized spacial score (nSPS) is 22.3. The molecule has 0 atom stereocenters. The van der Waals surface area contributed by atoms with Crippen molar-refractivity contribution in [2.24, 2.45) is 0 Å². The third kappa shape index (κ3) is 2.28. The van der Waals surface area contributed by atoms with Gasteiger partial charge in [-0.2, -0.15) is 0 Å². The molecule has 0 unspecified atom stereocenters. The van der Waals surface area contributed by atoms with E-state index in [9.17, 15) is 0 Å². The van der Waals surface area contributed by atoms with Crippen LogP contribution in [-0.2, 0) is 11.8 Å². The van der Waals surface area contributed by atoms with Crippen molar-refractivity contribution in [1.82, 2.24) is 0 Å². The Morgan fingerprint density at radius 3 is 2.53 bits per heavy atom. The summed E-state index contributed by atoms with van der Waals surface area (Å²) in [5.41, 5.74) is 4.87. The molecule has 0 spiro atoms. The van der Waals surface area contributed by atoms with E-state index < -0.39 is 0 Å². The maximum absolute atomic E-state index is 5.68. The van der Waals surface area contributed by atoms with Crippen molar-refractivity contribution in [2.45, 2.75) is 70.1 Å². The molecule has 0 amide bonds. The molecule has 0 saturated heterocycles. The van der Waals surface area contributed by atoms with Crippen LogP contribution in [-0.4, -0.2) is 7.11 Å². The molecular formula is C18H26O. The Morgan fingerprint density at radius 2 is 1.84 bits per heavy atom. The van der Waals surface area contributed by atoms with Gasteiger partial charge in [-0.1, -0.05) is 39.2 Å². The second-order valence-electron chi connectivity index (χ2n) is 6.97. The number of benzene rings is 1. The van der Waals surface area contributed by atoms with Gasteiger partial charge in [-0.15, -0.1) is 0 Å². The van der Waals surface area contributed by atoms with E-state index in [0.29, 0.717) is 5.41 Å². The summed E-state index contributed by atoms with van der Waals surface area (Å²) in [6.07, 6.45) is 9.37. The van der Waals surface area contributed by atoms with Crippen molar-refractivity contribution >= 4 is 0 Å². The SMILES string of the molecule is COc1cc(C2CCCCC2)cc2c1CCC2(C)C. The molecule has 104 valence electrons. The highest BCUT2D eigenvalue weighted by molar-refractivity contribution is 5.51. The van der Waals surface area contributed by atoms with Crippen LogP contribution in [0.25, 0.3) is 0 Å². The number of ether oxygens (including phenoxy) is 1. The van der Waals surface area contributed by atoms with E-state index in [-0.39, 0.29) is 0 Å². The largest absolute Gasteiger partial charge is 0.496 e. The topological polar surface area (TPSA) is 9.23 Å². The number of hydrogen-bond donors (Lipinski definition) is 0. The molecule has 2 aliphatic rings. The van der Waals surface area contributed by atoms with E-state index in [4.69, 9.17) is 4.74 Å². The molecule has 1 aromatic carbocycles. The molecule has 1 fully saturated rings. The fourth-order valence-corrected chi connectivity index (χ4v) is 3.95. The maximum Gasteiger partial charge on any atom is 0.122 e. The van der Waals surface area contributed by atoms with E-state index in [2.05, 4.69) is 26.0 Å². The zero-order valence-electron chi connectivity index (χ0n) is 12.6. The summed E-state index contributed by atoms with van der Waals surface area (Å²) in [5, 5.41) is 0. The fraction of sp³-hybridized carbons (Fsp3) is 0.667. The van der Waals surface area contributed by atoms with Gasteiger partial charge in [0.25, 0.3) is 0 Å². The Kier molecular flexibility index (Phi) is 3.32. The zero-order valence-corrected chi connectivity index (χ0v) is 12.6. The quantitative estimate of drug-likeness (QED) is 0.728. The Labute approximate surface area is 117 Å². The summed E-state index contributed by atoms with van der Waals surface area (Å²) in [5.74, 6) is 1.91. The lowest BCUT2D eigenvalue weighted by Gasteiger charge is -2.26. The van der Waals surface area contributed by atoms with Gasteiger partial charge in [0.05, 0.1) is 7.11 Å².